The lowest BCUT2D eigenvalue weighted by molar-refractivity contribution is -0.136. The fourth-order valence-electron chi connectivity index (χ4n) is 4.69. The monoisotopic (exact) mass is 636 g/mol. The Bertz CT molecular complexity index is 1810. The van der Waals surface area contributed by atoms with Gasteiger partial charge in [0, 0.05) is 10.0 Å². The third-order valence-corrected chi connectivity index (χ3v) is 8.06. The quantitative estimate of drug-likeness (QED) is 0.246. The number of hydrogen-bond acceptors (Lipinski definition) is 7. The Morgan fingerprint density at radius 3 is 2.51 bits per heavy atom. The minimum absolute atomic E-state index is 0.163. The minimum Gasteiger partial charge on any atom is -0.493 e. The average molecular weight is 638 g/mol. The number of aromatic nitrogens is 1. The summed E-state index contributed by atoms with van der Waals surface area (Å²) in [6.45, 7) is 2.08. The number of carbonyl (C=O) groups is 1. The summed E-state index contributed by atoms with van der Waals surface area (Å²) in [5.41, 5.74) is 2.75. The Morgan fingerprint density at radius 1 is 1.12 bits per heavy atom. The molecule has 1 aromatic heterocycles. The first-order chi connectivity index (χ1) is 19.8. The Hall–Kier alpha value is -4.02. The number of ether oxygens (including phenoxy) is 3. The molecule has 3 aromatic carbocycles. The molecule has 0 spiro atoms. The van der Waals surface area contributed by atoms with Gasteiger partial charge in [0.1, 0.15) is 12.4 Å². The highest BCUT2D eigenvalue weighted by Gasteiger charge is 2.33. The smallest absolute Gasteiger partial charge is 0.338 e. The molecule has 1 aliphatic heterocycles. The van der Waals surface area contributed by atoms with Gasteiger partial charge in [0.25, 0.3) is 5.56 Å². The van der Waals surface area contributed by atoms with E-state index in [0.717, 1.165) is 15.6 Å². The van der Waals surface area contributed by atoms with Crippen LogP contribution in [0.5, 0.6) is 11.5 Å². The van der Waals surface area contributed by atoms with Crippen molar-refractivity contribution in [1.82, 2.24) is 4.57 Å². The predicted octanol–water partition coefficient (Wildman–Crippen LogP) is 5.29. The number of methoxy groups -OCH3 is 2. The van der Waals surface area contributed by atoms with E-state index in [1.807, 2.05) is 43.3 Å². The van der Waals surface area contributed by atoms with Crippen molar-refractivity contribution in [3.05, 3.63) is 125 Å². The van der Waals surface area contributed by atoms with Gasteiger partial charge in [0.05, 0.1) is 36.1 Å². The number of halogens is 2. The Labute approximate surface area is 248 Å². The van der Waals surface area contributed by atoms with E-state index in [1.54, 1.807) is 28.8 Å². The van der Waals surface area contributed by atoms with Crippen LogP contribution in [0.4, 0.5) is 4.39 Å². The van der Waals surface area contributed by atoms with Gasteiger partial charge in [-0.1, -0.05) is 76.7 Å². The lowest BCUT2D eigenvalue weighted by Gasteiger charge is -2.25. The van der Waals surface area contributed by atoms with Gasteiger partial charge in [-0.25, -0.2) is 14.2 Å². The molecular weight excluding hydrogens is 611 g/mol. The van der Waals surface area contributed by atoms with Gasteiger partial charge in [-0.3, -0.25) is 9.36 Å². The molecule has 0 saturated heterocycles. The van der Waals surface area contributed by atoms with E-state index in [-0.39, 0.29) is 18.0 Å². The van der Waals surface area contributed by atoms with Crippen LogP contribution in [-0.2, 0) is 16.1 Å². The van der Waals surface area contributed by atoms with Gasteiger partial charge >= 0.3 is 5.97 Å². The molecule has 41 heavy (non-hydrogen) atoms. The molecule has 1 aliphatic rings. The second-order valence-corrected chi connectivity index (χ2v) is 11.1. The first kappa shape index (κ1) is 28.5. The van der Waals surface area contributed by atoms with E-state index in [0.29, 0.717) is 44.1 Å². The van der Waals surface area contributed by atoms with Crippen molar-refractivity contribution in [2.24, 2.45) is 4.99 Å². The molecule has 210 valence electrons. The van der Waals surface area contributed by atoms with Crippen molar-refractivity contribution in [2.75, 3.05) is 14.2 Å². The molecule has 1 atom stereocenters. The average Bonchev–Trinajstić information content (AvgIpc) is 3.30. The lowest BCUT2D eigenvalue weighted by Crippen LogP contribution is -2.40. The fraction of sp³-hybridized carbons (Fsp3) is 0.194. The molecule has 4 aromatic rings. The van der Waals surface area contributed by atoms with Crippen LogP contribution < -0.4 is 24.4 Å². The molecule has 0 saturated carbocycles. The maximum absolute atomic E-state index is 14.0. The molecule has 2 heterocycles. The zero-order valence-electron chi connectivity index (χ0n) is 22.5. The molecule has 5 rings (SSSR count). The zero-order chi connectivity index (χ0) is 29.1. The van der Waals surface area contributed by atoms with Crippen LogP contribution in [-0.4, -0.2) is 24.8 Å². The van der Waals surface area contributed by atoms with Crippen LogP contribution in [0.3, 0.4) is 0 Å². The van der Waals surface area contributed by atoms with Crippen molar-refractivity contribution >= 4 is 39.3 Å². The highest BCUT2D eigenvalue weighted by atomic mass is 79.9. The van der Waals surface area contributed by atoms with Gasteiger partial charge in [-0.2, -0.15) is 0 Å². The summed E-state index contributed by atoms with van der Waals surface area (Å²) in [6, 6.07) is 18.3. The summed E-state index contributed by atoms with van der Waals surface area (Å²) in [6.07, 6.45) is 2.22. The molecule has 7 nitrogen and oxygen atoms in total. The largest absolute Gasteiger partial charge is 0.493 e. The SMILES string of the molecule is CCC1=C(C(=O)OC)[C@H](c2ccccc2)n2c(s/c(=C/c3cc(Br)cc(OC)c3OCc3ccc(F)cc3)c2=O)=N1. The molecule has 0 unspecified atom stereocenters. The van der Waals surface area contributed by atoms with E-state index < -0.39 is 12.0 Å². The first-order valence-electron chi connectivity index (χ1n) is 12.8. The number of allylic oxidation sites excluding steroid dienone is 1. The maximum Gasteiger partial charge on any atom is 0.338 e. The van der Waals surface area contributed by atoms with Gasteiger partial charge in [-0.15, -0.1) is 0 Å². The number of nitrogens with zero attached hydrogens (tertiary/aromatic N) is 2. The summed E-state index contributed by atoms with van der Waals surface area (Å²) in [4.78, 5) is 32.2. The molecule has 0 N–H and O–H groups in total. The van der Waals surface area contributed by atoms with Gasteiger partial charge in [-0.05, 0) is 47.9 Å². The Morgan fingerprint density at radius 2 is 1.85 bits per heavy atom. The number of fused-ring (bicyclic) bond motifs is 1. The van der Waals surface area contributed by atoms with Crippen LogP contribution >= 0.6 is 27.3 Å². The second-order valence-electron chi connectivity index (χ2n) is 9.14. The Kier molecular flexibility index (Phi) is 8.51. The molecule has 0 amide bonds. The first-order valence-corrected chi connectivity index (χ1v) is 14.4. The lowest BCUT2D eigenvalue weighted by atomic mass is 9.95. The molecular formula is C31H26BrFN2O5S. The van der Waals surface area contributed by atoms with E-state index >= 15 is 0 Å². The van der Waals surface area contributed by atoms with Gasteiger partial charge < -0.3 is 14.2 Å². The summed E-state index contributed by atoms with van der Waals surface area (Å²) in [7, 11) is 2.86. The van der Waals surface area contributed by atoms with Crippen molar-refractivity contribution in [2.45, 2.75) is 26.0 Å². The highest BCUT2D eigenvalue weighted by molar-refractivity contribution is 9.10. The summed E-state index contributed by atoms with van der Waals surface area (Å²) >= 11 is 4.74. The van der Waals surface area contributed by atoms with Crippen molar-refractivity contribution in [3.8, 4) is 11.5 Å². The van der Waals surface area contributed by atoms with Crippen LogP contribution in [0.15, 0.2) is 92.3 Å². The number of carbonyl (C=O) groups excluding carboxylic acids is 1. The van der Waals surface area contributed by atoms with Crippen LogP contribution in [0.2, 0.25) is 0 Å². The minimum atomic E-state index is -0.691. The second kappa shape index (κ2) is 12.2. The standard InChI is InChI=1S/C31H26BrFN2O5S/c1-4-23-26(30(37)39-3)27(19-8-6-5-7-9-19)35-29(36)25(41-31(35)34-23)15-20-14-21(32)16-24(38-2)28(20)40-17-18-10-12-22(33)13-11-18/h5-16,27H,4,17H2,1-3H3/b25-15+/t27-/m0/s1. The maximum atomic E-state index is 14.0. The third kappa shape index (κ3) is 5.75. The molecule has 0 radical (unpaired) electrons. The van der Waals surface area contributed by atoms with Gasteiger partial charge in [0.2, 0.25) is 0 Å². The van der Waals surface area contributed by atoms with E-state index in [2.05, 4.69) is 15.9 Å². The summed E-state index contributed by atoms with van der Waals surface area (Å²) < 4.78 is 32.9. The Balaban J connectivity index is 1.67. The molecule has 0 bridgehead atoms. The van der Waals surface area contributed by atoms with E-state index in [1.165, 1.54) is 37.7 Å². The van der Waals surface area contributed by atoms with Crippen molar-refractivity contribution < 1.29 is 23.4 Å². The molecule has 0 fully saturated rings. The zero-order valence-corrected chi connectivity index (χ0v) is 24.9. The van der Waals surface area contributed by atoms with Gasteiger partial charge in [0.15, 0.2) is 16.3 Å². The highest BCUT2D eigenvalue weighted by Crippen LogP contribution is 2.36. The number of thiazole rings is 1. The normalized spacial score (nSPS) is 14.9. The van der Waals surface area contributed by atoms with Crippen molar-refractivity contribution in [1.29, 1.82) is 0 Å². The fourth-order valence-corrected chi connectivity index (χ4v) is 6.16. The van der Waals surface area contributed by atoms with E-state index in [9.17, 15) is 14.0 Å². The topological polar surface area (TPSA) is 79.1 Å². The number of benzene rings is 3. The number of rotatable bonds is 8. The predicted molar refractivity (Wildman–Crippen MR) is 158 cm³/mol. The number of esters is 1. The van der Waals surface area contributed by atoms with Crippen LogP contribution in [0.1, 0.15) is 36.1 Å². The third-order valence-electron chi connectivity index (χ3n) is 6.62. The van der Waals surface area contributed by atoms with Crippen molar-refractivity contribution in [3.63, 3.8) is 0 Å². The summed E-state index contributed by atoms with van der Waals surface area (Å²) in [5.74, 6) is 0.0299. The number of hydrogen-bond donors (Lipinski definition) is 0. The summed E-state index contributed by atoms with van der Waals surface area (Å²) in [5, 5.41) is 0. The molecule has 0 aliphatic carbocycles. The molecule has 10 heteroatoms. The van der Waals surface area contributed by atoms with Crippen LogP contribution in [0, 0.1) is 5.82 Å². The van der Waals surface area contributed by atoms with E-state index in [4.69, 9.17) is 19.2 Å². The van der Waals surface area contributed by atoms with Crippen LogP contribution in [0.25, 0.3) is 6.08 Å².